The number of fused-ring (bicyclic) bond motifs is 1. The average molecular weight is 380 g/mol. The van der Waals surface area contributed by atoms with E-state index in [0.717, 1.165) is 16.8 Å². The van der Waals surface area contributed by atoms with Crippen molar-refractivity contribution in [3.8, 4) is 11.5 Å². The van der Waals surface area contributed by atoms with E-state index in [4.69, 9.17) is 9.47 Å². The van der Waals surface area contributed by atoms with Crippen molar-refractivity contribution in [1.82, 2.24) is 4.90 Å². The van der Waals surface area contributed by atoms with Crippen molar-refractivity contribution in [2.24, 2.45) is 0 Å². The molecule has 0 bridgehead atoms. The summed E-state index contributed by atoms with van der Waals surface area (Å²) in [5.74, 6) is 0.789. The molecule has 2 amide bonds. The number of para-hydroxylation sites is 1. The van der Waals surface area contributed by atoms with Gasteiger partial charge in [0.1, 0.15) is 0 Å². The minimum absolute atomic E-state index is 0.0474. The number of carbonyl (C=O) groups is 2. The number of amides is 2. The van der Waals surface area contributed by atoms with Crippen LogP contribution in [0.25, 0.3) is 11.6 Å². The summed E-state index contributed by atoms with van der Waals surface area (Å²) >= 11 is 0. The van der Waals surface area contributed by atoms with Crippen LogP contribution >= 0.6 is 0 Å². The highest BCUT2D eigenvalue weighted by Crippen LogP contribution is 2.34. The van der Waals surface area contributed by atoms with Crippen LogP contribution in [0.3, 0.4) is 0 Å². The number of methoxy groups -OCH3 is 1. The smallest absolute Gasteiger partial charge is 0.260 e. The maximum absolute atomic E-state index is 12.3. The monoisotopic (exact) mass is 380 g/mol. The molecule has 0 spiro atoms. The van der Waals surface area contributed by atoms with E-state index in [2.05, 4.69) is 5.32 Å². The Balaban J connectivity index is 1.80. The SMILES string of the molecule is CCN(CC)C(=O)COc1ccc(/C=C2/C(=O)Nc3ccccc32)cc1OC. The Morgan fingerprint density at radius 1 is 1.11 bits per heavy atom. The lowest BCUT2D eigenvalue weighted by molar-refractivity contribution is -0.133. The minimum Gasteiger partial charge on any atom is -0.493 e. The molecule has 2 aromatic rings. The topological polar surface area (TPSA) is 67.9 Å². The van der Waals surface area contributed by atoms with Gasteiger partial charge in [0.25, 0.3) is 11.8 Å². The fourth-order valence-electron chi connectivity index (χ4n) is 3.15. The summed E-state index contributed by atoms with van der Waals surface area (Å²) in [6.45, 7) is 5.11. The number of benzene rings is 2. The van der Waals surface area contributed by atoms with Crippen LogP contribution in [0.4, 0.5) is 5.69 Å². The molecule has 6 nitrogen and oxygen atoms in total. The maximum Gasteiger partial charge on any atom is 0.260 e. The number of hydrogen-bond acceptors (Lipinski definition) is 4. The van der Waals surface area contributed by atoms with Gasteiger partial charge in [-0.25, -0.2) is 0 Å². The molecule has 0 saturated heterocycles. The van der Waals surface area contributed by atoms with Crippen LogP contribution in [0.2, 0.25) is 0 Å². The van der Waals surface area contributed by atoms with Gasteiger partial charge < -0.3 is 19.7 Å². The first-order valence-corrected chi connectivity index (χ1v) is 9.28. The summed E-state index contributed by atoms with van der Waals surface area (Å²) in [5, 5.41) is 2.86. The normalized spacial score (nSPS) is 13.8. The van der Waals surface area contributed by atoms with Crippen molar-refractivity contribution >= 4 is 29.2 Å². The quantitative estimate of drug-likeness (QED) is 0.747. The second kappa shape index (κ2) is 8.61. The van der Waals surface area contributed by atoms with Gasteiger partial charge in [-0.2, -0.15) is 0 Å². The minimum atomic E-state index is -0.134. The number of ether oxygens (including phenoxy) is 2. The Morgan fingerprint density at radius 2 is 1.86 bits per heavy atom. The highest BCUT2D eigenvalue weighted by atomic mass is 16.5. The first-order valence-electron chi connectivity index (χ1n) is 9.28. The van der Waals surface area contributed by atoms with Crippen molar-refractivity contribution in [2.45, 2.75) is 13.8 Å². The second-order valence-electron chi connectivity index (χ2n) is 6.32. The van der Waals surface area contributed by atoms with E-state index in [1.165, 1.54) is 0 Å². The lowest BCUT2D eigenvalue weighted by Crippen LogP contribution is -2.34. The Bertz CT molecular complexity index is 917. The van der Waals surface area contributed by atoms with Crippen molar-refractivity contribution < 1.29 is 19.1 Å². The molecule has 0 atom stereocenters. The molecule has 0 saturated carbocycles. The van der Waals surface area contributed by atoms with Crippen LogP contribution in [-0.4, -0.2) is 43.5 Å². The van der Waals surface area contributed by atoms with Crippen molar-refractivity contribution in [2.75, 3.05) is 32.1 Å². The molecular weight excluding hydrogens is 356 g/mol. The van der Waals surface area contributed by atoms with Crippen molar-refractivity contribution in [3.05, 3.63) is 53.6 Å². The van der Waals surface area contributed by atoms with Gasteiger partial charge in [-0.3, -0.25) is 9.59 Å². The standard InChI is InChI=1S/C22H24N2O4/c1-4-24(5-2)21(25)14-28-19-11-10-15(13-20(19)27-3)12-17-16-8-6-7-9-18(16)23-22(17)26/h6-13H,4-5,14H2,1-3H3,(H,23,26)/b17-12+. The molecule has 28 heavy (non-hydrogen) atoms. The summed E-state index contributed by atoms with van der Waals surface area (Å²) in [5.41, 5.74) is 3.08. The molecule has 0 fully saturated rings. The Morgan fingerprint density at radius 3 is 2.57 bits per heavy atom. The van der Waals surface area contributed by atoms with E-state index in [1.807, 2.05) is 50.3 Å². The number of carbonyl (C=O) groups excluding carboxylic acids is 2. The summed E-state index contributed by atoms with van der Waals surface area (Å²) in [7, 11) is 1.54. The van der Waals surface area contributed by atoms with Gasteiger partial charge in [-0.1, -0.05) is 24.3 Å². The number of nitrogens with one attached hydrogen (secondary N) is 1. The molecule has 1 aliphatic rings. The molecule has 146 valence electrons. The molecule has 1 aliphatic heterocycles. The number of anilines is 1. The van der Waals surface area contributed by atoms with Gasteiger partial charge in [0.15, 0.2) is 18.1 Å². The van der Waals surface area contributed by atoms with E-state index in [-0.39, 0.29) is 18.4 Å². The lowest BCUT2D eigenvalue weighted by atomic mass is 10.0. The van der Waals surface area contributed by atoms with Crippen LogP contribution in [0.5, 0.6) is 11.5 Å². The fraction of sp³-hybridized carbons (Fsp3) is 0.273. The predicted molar refractivity (Wildman–Crippen MR) is 109 cm³/mol. The second-order valence-corrected chi connectivity index (χ2v) is 6.32. The molecule has 3 rings (SSSR count). The van der Waals surface area contributed by atoms with Crippen LogP contribution in [-0.2, 0) is 9.59 Å². The van der Waals surface area contributed by atoms with E-state index in [0.29, 0.717) is 30.2 Å². The van der Waals surface area contributed by atoms with E-state index < -0.39 is 0 Å². The van der Waals surface area contributed by atoms with Crippen LogP contribution in [0.15, 0.2) is 42.5 Å². The fourth-order valence-corrected chi connectivity index (χ4v) is 3.15. The van der Waals surface area contributed by atoms with E-state index >= 15 is 0 Å². The van der Waals surface area contributed by atoms with Crippen LogP contribution in [0.1, 0.15) is 25.0 Å². The van der Waals surface area contributed by atoms with Crippen LogP contribution in [0, 0.1) is 0 Å². The summed E-state index contributed by atoms with van der Waals surface area (Å²) in [4.78, 5) is 26.1. The highest BCUT2D eigenvalue weighted by Gasteiger charge is 2.23. The third-order valence-corrected chi connectivity index (χ3v) is 4.68. The zero-order valence-corrected chi connectivity index (χ0v) is 16.3. The molecule has 6 heteroatoms. The number of hydrogen-bond donors (Lipinski definition) is 1. The van der Waals surface area contributed by atoms with Gasteiger partial charge in [0, 0.05) is 29.9 Å². The summed E-state index contributed by atoms with van der Waals surface area (Å²) in [6, 6.07) is 12.9. The molecule has 2 aromatic carbocycles. The van der Waals surface area contributed by atoms with Crippen molar-refractivity contribution in [1.29, 1.82) is 0 Å². The van der Waals surface area contributed by atoms with E-state index in [9.17, 15) is 9.59 Å². The molecule has 0 unspecified atom stereocenters. The average Bonchev–Trinajstić information content (AvgIpc) is 3.03. The molecule has 0 radical (unpaired) electrons. The summed E-state index contributed by atoms with van der Waals surface area (Å²) < 4.78 is 11.1. The Hall–Kier alpha value is -3.28. The Kier molecular flexibility index (Phi) is 5.99. The Labute approximate surface area is 164 Å². The largest absolute Gasteiger partial charge is 0.493 e. The summed E-state index contributed by atoms with van der Waals surface area (Å²) in [6.07, 6.45) is 1.81. The van der Waals surface area contributed by atoms with Crippen LogP contribution < -0.4 is 14.8 Å². The maximum atomic E-state index is 12.3. The van der Waals surface area contributed by atoms with Crippen molar-refractivity contribution in [3.63, 3.8) is 0 Å². The zero-order chi connectivity index (χ0) is 20.1. The van der Waals surface area contributed by atoms with Gasteiger partial charge >= 0.3 is 0 Å². The highest BCUT2D eigenvalue weighted by molar-refractivity contribution is 6.34. The lowest BCUT2D eigenvalue weighted by Gasteiger charge is -2.19. The first kappa shape index (κ1) is 19.5. The third kappa shape index (κ3) is 4.01. The predicted octanol–water partition coefficient (Wildman–Crippen LogP) is 3.44. The molecule has 1 heterocycles. The third-order valence-electron chi connectivity index (χ3n) is 4.68. The number of likely N-dealkylation sites (N-methyl/N-ethyl adjacent to an activating group) is 1. The first-order chi connectivity index (χ1) is 13.6. The van der Waals surface area contributed by atoms with Gasteiger partial charge in [0.2, 0.25) is 0 Å². The van der Waals surface area contributed by atoms with Gasteiger partial charge in [-0.15, -0.1) is 0 Å². The number of rotatable bonds is 7. The zero-order valence-electron chi connectivity index (χ0n) is 16.3. The molecule has 0 aromatic heterocycles. The molecular formula is C22H24N2O4. The number of nitrogens with zero attached hydrogens (tertiary/aromatic N) is 1. The van der Waals surface area contributed by atoms with Gasteiger partial charge in [0.05, 0.1) is 7.11 Å². The molecule has 1 N–H and O–H groups in total. The van der Waals surface area contributed by atoms with Gasteiger partial charge in [-0.05, 0) is 43.7 Å². The molecule has 0 aliphatic carbocycles. The van der Waals surface area contributed by atoms with E-state index in [1.54, 1.807) is 24.1 Å².